The molecule has 0 radical (unpaired) electrons. The van der Waals surface area contributed by atoms with Crippen molar-refractivity contribution in [2.24, 2.45) is 5.73 Å². The van der Waals surface area contributed by atoms with Gasteiger partial charge in [0.1, 0.15) is 0 Å². The third-order valence-electron chi connectivity index (χ3n) is 2.93. The number of anilines is 1. The summed E-state index contributed by atoms with van der Waals surface area (Å²) in [6.07, 6.45) is 0.207. The van der Waals surface area contributed by atoms with Crippen molar-refractivity contribution in [2.45, 2.75) is 30.7 Å². The van der Waals surface area contributed by atoms with Crippen LogP contribution in [0.4, 0.5) is 5.69 Å². The molecule has 0 bridgehead atoms. The molecule has 0 aromatic heterocycles. The highest BCUT2D eigenvalue weighted by molar-refractivity contribution is 7.89. The SMILES string of the molecule is CC(C)(CN)NS(=O)(=O)c1ccc2c(c1)CC(=O)N2. The second-order valence-electron chi connectivity index (χ2n) is 5.24. The Labute approximate surface area is 112 Å². The van der Waals surface area contributed by atoms with Gasteiger partial charge in [0.2, 0.25) is 15.9 Å². The molecular formula is C12H17N3O3S. The summed E-state index contributed by atoms with van der Waals surface area (Å²) >= 11 is 0. The number of hydrogen-bond donors (Lipinski definition) is 3. The Kier molecular flexibility index (Phi) is 3.38. The quantitative estimate of drug-likeness (QED) is 0.734. The number of rotatable bonds is 4. The molecule has 0 saturated carbocycles. The lowest BCUT2D eigenvalue weighted by atomic mass is 10.1. The second-order valence-corrected chi connectivity index (χ2v) is 6.92. The van der Waals surface area contributed by atoms with Gasteiger partial charge in [-0.25, -0.2) is 13.1 Å². The van der Waals surface area contributed by atoms with E-state index in [0.717, 1.165) is 0 Å². The molecule has 1 aromatic carbocycles. The summed E-state index contributed by atoms with van der Waals surface area (Å²) in [6.45, 7) is 3.61. The number of sulfonamides is 1. The van der Waals surface area contributed by atoms with Crippen molar-refractivity contribution in [3.05, 3.63) is 23.8 Å². The number of amides is 1. The normalized spacial score (nSPS) is 15.2. The van der Waals surface area contributed by atoms with E-state index in [4.69, 9.17) is 5.73 Å². The highest BCUT2D eigenvalue weighted by Crippen LogP contribution is 2.26. The molecule has 104 valence electrons. The zero-order valence-corrected chi connectivity index (χ0v) is 11.7. The monoisotopic (exact) mass is 283 g/mol. The minimum atomic E-state index is -3.64. The van der Waals surface area contributed by atoms with Gasteiger partial charge in [0.15, 0.2) is 0 Å². The van der Waals surface area contributed by atoms with Gasteiger partial charge in [0.05, 0.1) is 11.3 Å². The average Bonchev–Trinajstić information content (AvgIpc) is 2.66. The minimum Gasteiger partial charge on any atom is -0.329 e. The third kappa shape index (κ3) is 2.94. The Balaban J connectivity index is 2.33. The first-order chi connectivity index (χ1) is 8.73. The first kappa shape index (κ1) is 14.0. The number of hydrogen-bond acceptors (Lipinski definition) is 4. The minimum absolute atomic E-state index is 0.125. The lowest BCUT2D eigenvalue weighted by Crippen LogP contribution is -2.48. The fourth-order valence-corrected chi connectivity index (χ4v) is 3.31. The Bertz CT molecular complexity index is 623. The largest absolute Gasteiger partial charge is 0.329 e. The van der Waals surface area contributed by atoms with Crippen LogP contribution in [-0.2, 0) is 21.2 Å². The molecule has 1 aliphatic heterocycles. The van der Waals surface area contributed by atoms with Crippen molar-refractivity contribution in [2.75, 3.05) is 11.9 Å². The van der Waals surface area contributed by atoms with Crippen LogP contribution in [0.1, 0.15) is 19.4 Å². The summed E-state index contributed by atoms with van der Waals surface area (Å²) in [5, 5.41) is 2.66. The first-order valence-corrected chi connectivity index (χ1v) is 7.39. The molecule has 1 aliphatic rings. The summed E-state index contributed by atoms with van der Waals surface area (Å²) in [5.74, 6) is -0.125. The molecule has 1 heterocycles. The number of carbonyl (C=O) groups is 1. The fraction of sp³-hybridized carbons (Fsp3) is 0.417. The van der Waals surface area contributed by atoms with E-state index >= 15 is 0 Å². The molecule has 0 atom stereocenters. The molecule has 0 aliphatic carbocycles. The second kappa shape index (κ2) is 4.59. The molecular weight excluding hydrogens is 266 g/mol. The molecule has 0 fully saturated rings. The number of carbonyl (C=O) groups excluding carboxylic acids is 1. The van der Waals surface area contributed by atoms with Crippen LogP contribution < -0.4 is 15.8 Å². The summed E-state index contributed by atoms with van der Waals surface area (Å²) in [6, 6.07) is 4.59. The average molecular weight is 283 g/mol. The molecule has 7 heteroatoms. The Morgan fingerprint density at radius 2 is 2.11 bits per heavy atom. The van der Waals surface area contributed by atoms with Gasteiger partial charge < -0.3 is 11.1 Å². The molecule has 1 amide bonds. The zero-order chi connectivity index (χ0) is 14.3. The van der Waals surface area contributed by atoms with E-state index < -0.39 is 15.6 Å². The predicted molar refractivity (Wildman–Crippen MR) is 72.2 cm³/mol. The van der Waals surface area contributed by atoms with Gasteiger partial charge in [-0.15, -0.1) is 0 Å². The van der Waals surface area contributed by atoms with Gasteiger partial charge in [0.25, 0.3) is 0 Å². The topological polar surface area (TPSA) is 101 Å². The molecule has 19 heavy (non-hydrogen) atoms. The van der Waals surface area contributed by atoms with Crippen molar-refractivity contribution in [3.8, 4) is 0 Å². The summed E-state index contributed by atoms with van der Waals surface area (Å²) in [4.78, 5) is 11.4. The summed E-state index contributed by atoms with van der Waals surface area (Å²) in [5.41, 5.74) is 6.16. The van der Waals surface area contributed by atoms with Crippen LogP contribution >= 0.6 is 0 Å². The van der Waals surface area contributed by atoms with Crippen molar-refractivity contribution in [1.82, 2.24) is 4.72 Å². The number of fused-ring (bicyclic) bond motifs is 1. The highest BCUT2D eigenvalue weighted by atomic mass is 32.2. The fourth-order valence-electron chi connectivity index (χ4n) is 1.84. The number of nitrogens with two attached hydrogens (primary N) is 1. The lowest BCUT2D eigenvalue weighted by molar-refractivity contribution is -0.115. The summed E-state index contributed by atoms with van der Waals surface area (Å²) < 4.78 is 27.0. The number of benzene rings is 1. The third-order valence-corrected chi connectivity index (χ3v) is 4.63. The Hall–Kier alpha value is -1.44. The van der Waals surface area contributed by atoms with Gasteiger partial charge in [-0.2, -0.15) is 0 Å². The van der Waals surface area contributed by atoms with E-state index in [-0.39, 0.29) is 23.8 Å². The first-order valence-electron chi connectivity index (χ1n) is 5.90. The van der Waals surface area contributed by atoms with Crippen LogP contribution in [0, 0.1) is 0 Å². The Morgan fingerprint density at radius 3 is 2.74 bits per heavy atom. The van der Waals surface area contributed by atoms with E-state index in [0.29, 0.717) is 11.3 Å². The summed E-state index contributed by atoms with van der Waals surface area (Å²) in [7, 11) is -3.64. The lowest BCUT2D eigenvalue weighted by Gasteiger charge is -2.24. The maximum Gasteiger partial charge on any atom is 0.241 e. The van der Waals surface area contributed by atoms with Gasteiger partial charge in [-0.05, 0) is 37.6 Å². The van der Waals surface area contributed by atoms with Gasteiger partial charge in [-0.3, -0.25) is 4.79 Å². The van der Waals surface area contributed by atoms with E-state index in [9.17, 15) is 13.2 Å². The standard InChI is InChI=1S/C12H17N3O3S/c1-12(2,7-13)15-19(17,18)9-3-4-10-8(5-9)6-11(16)14-10/h3-5,15H,6-7,13H2,1-2H3,(H,14,16). The Morgan fingerprint density at radius 1 is 1.42 bits per heavy atom. The van der Waals surface area contributed by atoms with E-state index in [2.05, 4.69) is 10.0 Å². The van der Waals surface area contributed by atoms with Crippen LogP contribution in [0.2, 0.25) is 0 Å². The van der Waals surface area contributed by atoms with Crippen molar-refractivity contribution >= 4 is 21.6 Å². The number of nitrogens with one attached hydrogen (secondary N) is 2. The van der Waals surface area contributed by atoms with E-state index in [1.807, 2.05) is 0 Å². The van der Waals surface area contributed by atoms with Crippen LogP contribution in [0.15, 0.2) is 23.1 Å². The molecule has 1 aromatic rings. The molecule has 0 unspecified atom stereocenters. The smallest absolute Gasteiger partial charge is 0.241 e. The van der Waals surface area contributed by atoms with E-state index in [1.54, 1.807) is 19.9 Å². The van der Waals surface area contributed by atoms with Crippen LogP contribution in [-0.4, -0.2) is 26.4 Å². The maximum absolute atomic E-state index is 12.2. The van der Waals surface area contributed by atoms with E-state index in [1.165, 1.54) is 12.1 Å². The van der Waals surface area contributed by atoms with Gasteiger partial charge in [0, 0.05) is 17.8 Å². The zero-order valence-electron chi connectivity index (χ0n) is 10.9. The van der Waals surface area contributed by atoms with Crippen LogP contribution in [0.5, 0.6) is 0 Å². The van der Waals surface area contributed by atoms with Crippen molar-refractivity contribution in [1.29, 1.82) is 0 Å². The molecule has 0 saturated heterocycles. The van der Waals surface area contributed by atoms with Crippen molar-refractivity contribution < 1.29 is 13.2 Å². The maximum atomic E-state index is 12.2. The molecule has 4 N–H and O–H groups in total. The van der Waals surface area contributed by atoms with Crippen LogP contribution in [0.3, 0.4) is 0 Å². The molecule has 0 spiro atoms. The van der Waals surface area contributed by atoms with Crippen molar-refractivity contribution in [3.63, 3.8) is 0 Å². The molecule has 6 nitrogen and oxygen atoms in total. The van der Waals surface area contributed by atoms with Gasteiger partial charge >= 0.3 is 0 Å². The molecule has 2 rings (SSSR count). The van der Waals surface area contributed by atoms with Gasteiger partial charge in [-0.1, -0.05) is 0 Å². The predicted octanol–water partition coefficient (Wildman–Crippen LogP) is 0.197. The highest BCUT2D eigenvalue weighted by Gasteiger charge is 2.26. The van der Waals surface area contributed by atoms with Crippen LogP contribution in [0.25, 0.3) is 0 Å².